The number of halogens is 7. The van der Waals surface area contributed by atoms with Gasteiger partial charge in [0.05, 0.1) is 35.0 Å². The molecule has 0 aliphatic heterocycles. The average Bonchev–Trinajstić information content (AvgIpc) is 3.76. The monoisotopic (exact) mass is 863 g/mol. The molecule has 4 aromatic rings. The van der Waals surface area contributed by atoms with E-state index in [-0.39, 0.29) is 60.1 Å². The van der Waals surface area contributed by atoms with Crippen molar-refractivity contribution < 1.29 is 60.7 Å². The summed E-state index contributed by atoms with van der Waals surface area (Å²) in [6.07, 6.45) is -6.37. The molecule has 1 heterocycles. The predicted octanol–water partition coefficient (Wildman–Crippen LogP) is 9.64. The molecule has 324 valence electrons. The summed E-state index contributed by atoms with van der Waals surface area (Å²) in [7, 11) is 0. The molecule has 60 heavy (non-hydrogen) atoms. The number of carbonyl (C=O) groups is 1. The molecular formula is C45H48ClF6NO7. The Morgan fingerprint density at radius 3 is 2.42 bits per heavy atom. The van der Waals surface area contributed by atoms with Gasteiger partial charge in [-0.15, -0.1) is 13.2 Å². The summed E-state index contributed by atoms with van der Waals surface area (Å²) < 4.78 is 89.3. The lowest BCUT2D eigenvalue weighted by molar-refractivity contribution is -0.274. The first-order valence-corrected chi connectivity index (χ1v) is 20.1. The normalized spacial score (nSPS) is 23.3. The molecular weight excluding hydrogens is 816 g/mol. The standard InChI is InChI=1S/C45H48ClF6NO7/c1-27-4-3-18-42(2)37(17-19-43(42,58)26-53(24-32(56)25-54)23-28-6-11-33(12-7-28)60-45(50,51)52)34-13-8-29(20-31(55)10-5-27)21-35(34)41(57)40-16-15-39(59-40)36-22-30(44(47,48)49)9-14-38(36)46/h4,6-9,11-16,21-22,31-32,37,54-56,58H,3,5,10,17-20,23-26H2,1-2H3. The minimum Gasteiger partial charge on any atom is -0.453 e. The quantitative estimate of drug-likeness (QED) is 0.0668. The smallest absolute Gasteiger partial charge is 0.453 e. The first-order chi connectivity index (χ1) is 28.2. The summed E-state index contributed by atoms with van der Waals surface area (Å²) in [5, 5.41) is 44.3. The molecule has 8 nitrogen and oxygen atoms in total. The molecule has 0 radical (unpaired) electrons. The van der Waals surface area contributed by atoms with Gasteiger partial charge < -0.3 is 29.6 Å². The number of hydrogen-bond donors (Lipinski definition) is 4. The Hall–Kier alpha value is -4.18. The van der Waals surface area contributed by atoms with E-state index in [1.54, 1.807) is 11.0 Å². The molecule has 5 unspecified atom stereocenters. The fourth-order valence-corrected chi connectivity index (χ4v) is 9.00. The fraction of sp³-hybridized carbons (Fsp3) is 0.444. The van der Waals surface area contributed by atoms with Gasteiger partial charge in [0.15, 0.2) is 5.76 Å². The largest absolute Gasteiger partial charge is 0.573 e. The van der Waals surface area contributed by atoms with Crippen LogP contribution >= 0.6 is 11.6 Å². The van der Waals surface area contributed by atoms with Crippen LogP contribution in [0, 0.1) is 5.41 Å². The van der Waals surface area contributed by atoms with Crippen LogP contribution in [0.3, 0.4) is 0 Å². The van der Waals surface area contributed by atoms with Crippen molar-refractivity contribution in [3.05, 3.63) is 123 Å². The maximum atomic E-state index is 14.6. The van der Waals surface area contributed by atoms with E-state index in [9.17, 15) is 51.6 Å². The molecule has 0 amide bonds. The number of carbonyl (C=O) groups excluding carboxylic acids is 1. The van der Waals surface area contributed by atoms with Crippen molar-refractivity contribution in [1.29, 1.82) is 0 Å². The van der Waals surface area contributed by atoms with E-state index in [2.05, 4.69) is 10.8 Å². The lowest BCUT2D eigenvalue weighted by Crippen LogP contribution is -2.53. The zero-order valence-electron chi connectivity index (χ0n) is 33.1. The van der Waals surface area contributed by atoms with Crippen molar-refractivity contribution in [1.82, 2.24) is 4.90 Å². The number of hydrogen-bond acceptors (Lipinski definition) is 8. The number of furan rings is 1. The van der Waals surface area contributed by atoms with Gasteiger partial charge in [0.2, 0.25) is 5.78 Å². The van der Waals surface area contributed by atoms with E-state index in [1.165, 1.54) is 36.4 Å². The van der Waals surface area contributed by atoms with E-state index in [1.807, 2.05) is 26.0 Å². The highest BCUT2D eigenvalue weighted by Gasteiger charge is 2.57. The predicted molar refractivity (Wildman–Crippen MR) is 212 cm³/mol. The number of aliphatic hydroxyl groups excluding tert-OH is 3. The second-order valence-electron chi connectivity index (χ2n) is 16.3. The number of rotatable bonds is 11. The van der Waals surface area contributed by atoms with Crippen LogP contribution in [0.25, 0.3) is 11.3 Å². The Bertz CT molecular complexity index is 2170. The number of nitrogens with zero attached hydrogens (tertiary/aromatic N) is 1. The molecule has 0 spiro atoms. The third-order valence-corrected chi connectivity index (χ3v) is 12.4. The van der Waals surface area contributed by atoms with Gasteiger partial charge >= 0.3 is 12.5 Å². The lowest BCUT2D eigenvalue weighted by atomic mass is 9.64. The van der Waals surface area contributed by atoms with Crippen LogP contribution in [0.4, 0.5) is 26.3 Å². The van der Waals surface area contributed by atoms with Crippen molar-refractivity contribution in [2.24, 2.45) is 5.41 Å². The van der Waals surface area contributed by atoms with Crippen molar-refractivity contribution in [2.45, 2.75) is 102 Å². The van der Waals surface area contributed by atoms with Crippen LogP contribution in [0.1, 0.15) is 96.7 Å². The Balaban J connectivity index is 1.39. The van der Waals surface area contributed by atoms with Crippen molar-refractivity contribution in [2.75, 3.05) is 19.7 Å². The average molecular weight is 864 g/mol. The molecule has 4 N–H and O–H groups in total. The Morgan fingerprint density at radius 2 is 1.73 bits per heavy atom. The van der Waals surface area contributed by atoms with E-state index < -0.39 is 65.4 Å². The van der Waals surface area contributed by atoms with Gasteiger partial charge in [-0.25, -0.2) is 0 Å². The topological polar surface area (TPSA) is 124 Å². The molecule has 15 heteroatoms. The number of allylic oxidation sites excluding steroid dienone is 2. The van der Waals surface area contributed by atoms with Crippen LogP contribution in [0.5, 0.6) is 5.75 Å². The Kier molecular flexibility index (Phi) is 13.6. The number of benzene rings is 3. The summed E-state index contributed by atoms with van der Waals surface area (Å²) in [5.41, 5.74) is -0.226. The zero-order chi connectivity index (χ0) is 43.6. The highest BCUT2D eigenvalue weighted by atomic mass is 35.5. The van der Waals surface area contributed by atoms with Crippen LogP contribution in [-0.4, -0.2) is 75.0 Å². The Morgan fingerprint density at radius 1 is 1.00 bits per heavy atom. The van der Waals surface area contributed by atoms with Gasteiger partial charge in [0.1, 0.15) is 11.5 Å². The van der Waals surface area contributed by atoms with Gasteiger partial charge in [-0.05, 0) is 123 Å². The van der Waals surface area contributed by atoms with Crippen LogP contribution < -0.4 is 4.74 Å². The van der Waals surface area contributed by atoms with Crippen molar-refractivity contribution >= 4 is 17.4 Å². The van der Waals surface area contributed by atoms with E-state index in [4.69, 9.17) is 16.0 Å². The van der Waals surface area contributed by atoms with Crippen molar-refractivity contribution in [3.8, 4) is 17.1 Å². The summed E-state index contributed by atoms with van der Waals surface area (Å²) in [5.74, 6) is -1.59. The molecule has 3 aliphatic rings. The minimum absolute atomic E-state index is 0.00654. The number of aliphatic hydroxyl groups is 4. The number of alkyl halides is 6. The molecule has 5 atom stereocenters. The lowest BCUT2D eigenvalue weighted by Gasteiger charge is -2.46. The molecule has 3 aliphatic carbocycles. The minimum atomic E-state index is -4.87. The fourth-order valence-electron chi connectivity index (χ4n) is 8.79. The van der Waals surface area contributed by atoms with Crippen LogP contribution in [0.15, 0.2) is 88.9 Å². The number of fused-ring (bicyclic) bond motifs is 8. The molecule has 1 fully saturated rings. The first kappa shape index (κ1) is 45.3. The van der Waals surface area contributed by atoms with E-state index in [0.29, 0.717) is 48.8 Å². The third-order valence-electron chi connectivity index (χ3n) is 12.0. The summed E-state index contributed by atoms with van der Waals surface area (Å²) in [6.45, 7) is 3.39. The summed E-state index contributed by atoms with van der Waals surface area (Å²) in [4.78, 5) is 16.3. The molecule has 2 bridgehead atoms. The van der Waals surface area contributed by atoms with Crippen LogP contribution in [0.2, 0.25) is 5.02 Å². The van der Waals surface area contributed by atoms with E-state index >= 15 is 0 Å². The highest BCUT2D eigenvalue weighted by Crippen LogP contribution is 2.59. The third kappa shape index (κ3) is 10.5. The number of ketones is 1. The second kappa shape index (κ2) is 18.0. The van der Waals surface area contributed by atoms with E-state index in [0.717, 1.165) is 23.8 Å². The van der Waals surface area contributed by atoms with Gasteiger partial charge in [-0.2, -0.15) is 13.2 Å². The van der Waals surface area contributed by atoms with Gasteiger partial charge in [-0.3, -0.25) is 9.69 Å². The van der Waals surface area contributed by atoms with Gasteiger partial charge in [-0.1, -0.05) is 54.4 Å². The number of ether oxygens (including phenoxy) is 1. The maximum Gasteiger partial charge on any atom is 0.573 e. The molecule has 3 aromatic carbocycles. The maximum absolute atomic E-state index is 14.6. The Labute approximate surface area is 349 Å². The molecule has 0 saturated heterocycles. The van der Waals surface area contributed by atoms with Crippen LogP contribution in [-0.2, 0) is 19.1 Å². The molecule has 1 saturated carbocycles. The first-order valence-electron chi connectivity index (χ1n) is 19.7. The summed E-state index contributed by atoms with van der Waals surface area (Å²) >= 11 is 6.30. The molecule has 1 aromatic heterocycles. The second-order valence-corrected chi connectivity index (χ2v) is 16.7. The van der Waals surface area contributed by atoms with Gasteiger partial charge in [0.25, 0.3) is 0 Å². The SMILES string of the molecule is CC1=CCCC2(C)C(CCC2(O)CN(Cc2ccc(OC(F)(F)F)cc2)CC(O)CO)c2ccc(cc2C(=O)c2ccc(-c3cc(C(F)(F)F)ccc3Cl)o2)CC(O)CC1. The highest BCUT2D eigenvalue weighted by molar-refractivity contribution is 6.33. The van der Waals surface area contributed by atoms with Gasteiger partial charge in [0, 0.05) is 36.2 Å². The zero-order valence-corrected chi connectivity index (χ0v) is 33.9. The molecule has 7 rings (SSSR count). The van der Waals surface area contributed by atoms with Crippen molar-refractivity contribution in [3.63, 3.8) is 0 Å². The summed E-state index contributed by atoms with van der Waals surface area (Å²) in [6, 6.07) is 16.2.